The van der Waals surface area contributed by atoms with E-state index in [1.165, 1.54) is 12.8 Å². The van der Waals surface area contributed by atoms with Crippen molar-refractivity contribution in [1.82, 2.24) is 0 Å². The maximum Gasteiger partial charge on any atom is 0.311 e. The highest BCUT2D eigenvalue weighted by Crippen LogP contribution is 2.23. The first-order valence-corrected chi connectivity index (χ1v) is 4.41. The summed E-state index contributed by atoms with van der Waals surface area (Å²) in [7, 11) is 0. The van der Waals surface area contributed by atoms with E-state index in [-0.39, 0.29) is 5.97 Å². The third-order valence-corrected chi connectivity index (χ3v) is 1.66. The van der Waals surface area contributed by atoms with Gasteiger partial charge in [-0.15, -0.1) is 0 Å². The van der Waals surface area contributed by atoms with Crippen LogP contribution >= 0.6 is 0 Å². The predicted molar refractivity (Wildman–Crippen MR) is 47.4 cm³/mol. The van der Waals surface area contributed by atoms with Gasteiger partial charge in [0, 0.05) is 5.71 Å². The van der Waals surface area contributed by atoms with Crippen molar-refractivity contribution in [3.63, 3.8) is 0 Å². The average Bonchev–Trinajstić information content (AvgIpc) is 2.71. The molecule has 3 heteroatoms. The topological polar surface area (TPSA) is 38.7 Å². The van der Waals surface area contributed by atoms with Gasteiger partial charge in [-0.05, 0) is 26.7 Å². The van der Waals surface area contributed by atoms with Crippen molar-refractivity contribution in [2.75, 3.05) is 6.61 Å². The lowest BCUT2D eigenvalue weighted by molar-refractivity contribution is -0.141. The lowest BCUT2D eigenvalue weighted by Gasteiger charge is -2.00. The minimum atomic E-state index is -0.167. The lowest BCUT2D eigenvalue weighted by Crippen LogP contribution is -2.09. The van der Waals surface area contributed by atoms with Crippen LogP contribution in [0.3, 0.4) is 0 Å². The van der Waals surface area contributed by atoms with Crippen molar-refractivity contribution >= 4 is 11.7 Å². The number of aliphatic imine (C=N–C) groups is 1. The van der Waals surface area contributed by atoms with Crippen LogP contribution in [0.5, 0.6) is 0 Å². The highest BCUT2D eigenvalue weighted by molar-refractivity contribution is 5.97. The summed E-state index contributed by atoms with van der Waals surface area (Å²) in [6.45, 7) is 4.15. The second kappa shape index (κ2) is 4.24. The fraction of sp³-hybridized carbons (Fsp3) is 0.778. The first-order chi connectivity index (χ1) is 5.72. The van der Waals surface area contributed by atoms with E-state index in [2.05, 4.69) is 4.99 Å². The van der Waals surface area contributed by atoms with Gasteiger partial charge in [-0.3, -0.25) is 9.79 Å². The molecule has 1 rings (SSSR count). The number of carbonyl (C=O) groups is 1. The molecule has 0 aliphatic heterocycles. The van der Waals surface area contributed by atoms with Crippen molar-refractivity contribution in [2.45, 2.75) is 39.2 Å². The van der Waals surface area contributed by atoms with Crippen molar-refractivity contribution in [3.8, 4) is 0 Å². The largest absolute Gasteiger partial charge is 0.466 e. The Kier molecular flexibility index (Phi) is 3.26. The molecule has 68 valence electrons. The molecule has 1 saturated carbocycles. The maximum absolute atomic E-state index is 11.0. The third kappa shape index (κ3) is 3.51. The zero-order valence-corrected chi connectivity index (χ0v) is 7.67. The SMILES string of the molecule is CCOC(=O)C/C(C)=N/C1CC1. The summed E-state index contributed by atoms with van der Waals surface area (Å²) < 4.78 is 4.79. The van der Waals surface area contributed by atoms with E-state index in [1.54, 1.807) is 0 Å². The molecule has 0 spiro atoms. The minimum absolute atomic E-state index is 0.167. The highest BCUT2D eigenvalue weighted by Gasteiger charge is 2.20. The molecule has 0 N–H and O–H groups in total. The minimum Gasteiger partial charge on any atom is -0.466 e. The molecular weight excluding hydrogens is 154 g/mol. The highest BCUT2D eigenvalue weighted by atomic mass is 16.5. The predicted octanol–water partition coefficient (Wildman–Crippen LogP) is 1.56. The van der Waals surface area contributed by atoms with Crippen LogP contribution in [0.15, 0.2) is 4.99 Å². The van der Waals surface area contributed by atoms with E-state index in [0.717, 1.165) is 5.71 Å². The number of esters is 1. The summed E-state index contributed by atoms with van der Waals surface area (Å²) in [4.78, 5) is 15.3. The van der Waals surface area contributed by atoms with Gasteiger partial charge in [0.25, 0.3) is 0 Å². The van der Waals surface area contributed by atoms with Crippen molar-refractivity contribution < 1.29 is 9.53 Å². The Bertz CT molecular complexity index is 195. The molecule has 0 heterocycles. The van der Waals surface area contributed by atoms with E-state index in [4.69, 9.17) is 4.74 Å². The normalized spacial score (nSPS) is 17.7. The van der Waals surface area contributed by atoms with Crippen LogP contribution in [-0.4, -0.2) is 24.3 Å². The van der Waals surface area contributed by atoms with Gasteiger partial charge < -0.3 is 4.74 Å². The molecule has 0 aromatic heterocycles. The van der Waals surface area contributed by atoms with Crippen LogP contribution in [0, 0.1) is 0 Å². The third-order valence-electron chi connectivity index (χ3n) is 1.66. The standard InChI is InChI=1S/C9H15NO2/c1-3-12-9(11)6-7(2)10-8-4-5-8/h8H,3-6H2,1-2H3/b10-7+. The van der Waals surface area contributed by atoms with Crippen LogP contribution in [0.4, 0.5) is 0 Å². The molecule has 0 amide bonds. The Morgan fingerprint density at radius 2 is 2.25 bits per heavy atom. The molecule has 1 aliphatic rings. The van der Waals surface area contributed by atoms with Gasteiger partial charge in [-0.1, -0.05) is 0 Å². The Morgan fingerprint density at radius 1 is 1.58 bits per heavy atom. The monoisotopic (exact) mass is 169 g/mol. The second-order valence-corrected chi connectivity index (χ2v) is 3.08. The van der Waals surface area contributed by atoms with Gasteiger partial charge >= 0.3 is 5.97 Å². The smallest absolute Gasteiger partial charge is 0.311 e. The quantitative estimate of drug-likeness (QED) is 0.473. The number of nitrogens with zero attached hydrogens (tertiary/aromatic N) is 1. The molecule has 0 unspecified atom stereocenters. The van der Waals surface area contributed by atoms with Crippen molar-refractivity contribution in [2.24, 2.45) is 4.99 Å². The van der Waals surface area contributed by atoms with Crippen LogP contribution in [0.2, 0.25) is 0 Å². The molecule has 3 nitrogen and oxygen atoms in total. The van der Waals surface area contributed by atoms with Gasteiger partial charge in [-0.25, -0.2) is 0 Å². The molecule has 0 atom stereocenters. The Morgan fingerprint density at radius 3 is 2.75 bits per heavy atom. The summed E-state index contributed by atoms with van der Waals surface area (Å²) >= 11 is 0. The van der Waals surface area contributed by atoms with Gasteiger partial charge in [0.1, 0.15) is 0 Å². The molecule has 12 heavy (non-hydrogen) atoms. The Hall–Kier alpha value is -0.860. The second-order valence-electron chi connectivity index (χ2n) is 3.08. The number of hydrogen-bond acceptors (Lipinski definition) is 3. The zero-order valence-electron chi connectivity index (χ0n) is 7.67. The van der Waals surface area contributed by atoms with Gasteiger partial charge in [-0.2, -0.15) is 0 Å². The van der Waals surface area contributed by atoms with Gasteiger partial charge in [0.05, 0.1) is 19.1 Å². The zero-order chi connectivity index (χ0) is 8.97. The number of rotatable bonds is 4. The summed E-state index contributed by atoms with van der Waals surface area (Å²) in [5.41, 5.74) is 0.899. The van der Waals surface area contributed by atoms with Crippen molar-refractivity contribution in [1.29, 1.82) is 0 Å². The summed E-state index contributed by atoms with van der Waals surface area (Å²) in [5.74, 6) is -0.167. The summed E-state index contributed by atoms with van der Waals surface area (Å²) in [6, 6.07) is 0.499. The summed E-state index contributed by atoms with van der Waals surface area (Å²) in [6.07, 6.45) is 2.71. The fourth-order valence-corrected chi connectivity index (χ4v) is 0.982. The maximum atomic E-state index is 11.0. The molecule has 1 aliphatic carbocycles. The fourth-order valence-electron chi connectivity index (χ4n) is 0.982. The van der Waals surface area contributed by atoms with E-state index in [1.807, 2.05) is 13.8 Å². The molecular formula is C9H15NO2. The molecule has 0 bridgehead atoms. The lowest BCUT2D eigenvalue weighted by atomic mass is 10.3. The average molecular weight is 169 g/mol. The van der Waals surface area contributed by atoms with Crippen LogP contribution in [-0.2, 0) is 9.53 Å². The van der Waals surface area contributed by atoms with Crippen LogP contribution in [0.1, 0.15) is 33.1 Å². The van der Waals surface area contributed by atoms with Gasteiger partial charge in [0.2, 0.25) is 0 Å². The van der Waals surface area contributed by atoms with Gasteiger partial charge in [0.15, 0.2) is 0 Å². The first-order valence-electron chi connectivity index (χ1n) is 4.41. The summed E-state index contributed by atoms with van der Waals surface area (Å²) in [5, 5.41) is 0. The molecule has 0 radical (unpaired) electrons. The van der Waals surface area contributed by atoms with E-state index in [0.29, 0.717) is 19.1 Å². The molecule has 0 aromatic carbocycles. The molecule has 0 saturated heterocycles. The van der Waals surface area contributed by atoms with Crippen LogP contribution in [0.25, 0.3) is 0 Å². The Labute approximate surface area is 72.8 Å². The first kappa shape index (κ1) is 9.23. The number of carbonyl (C=O) groups excluding carboxylic acids is 1. The van der Waals surface area contributed by atoms with E-state index in [9.17, 15) is 4.79 Å². The molecule has 0 aromatic rings. The van der Waals surface area contributed by atoms with E-state index >= 15 is 0 Å². The van der Waals surface area contributed by atoms with E-state index < -0.39 is 0 Å². The number of ether oxygens (including phenoxy) is 1. The van der Waals surface area contributed by atoms with Crippen LogP contribution < -0.4 is 0 Å². The number of hydrogen-bond donors (Lipinski definition) is 0. The van der Waals surface area contributed by atoms with Crippen molar-refractivity contribution in [3.05, 3.63) is 0 Å². The molecule has 1 fully saturated rings. The Balaban J connectivity index is 2.23.